The SMILES string of the molecule is NCC1(C(=O)NCC2CCN(c3ccccc3)C2)CCOCC1. The predicted molar refractivity (Wildman–Crippen MR) is 91.3 cm³/mol. The number of amides is 1. The lowest BCUT2D eigenvalue weighted by Gasteiger charge is -2.34. The van der Waals surface area contributed by atoms with Gasteiger partial charge in [-0.15, -0.1) is 0 Å². The van der Waals surface area contributed by atoms with Crippen LogP contribution in [0.5, 0.6) is 0 Å². The van der Waals surface area contributed by atoms with Crippen molar-refractivity contribution in [1.82, 2.24) is 5.32 Å². The monoisotopic (exact) mass is 317 g/mol. The van der Waals surface area contributed by atoms with Crippen LogP contribution < -0.4 is 16.0 Å². The van der Waals surface area contributed by atoms with E-state index >= 15 is 0 Å². The number of carbonyl (C=O) groups is 1. The molecule has 2 aliphatic heterocycles. The summed E-state index contributed by atoms with van der Waals surface area (Å²) in [6.45, 7) is 4.48. The number of ether oxygens (including phenoxy) is 1. The van der Waals surface area contributed by atoms with Gasteiger partial charge < -0.3 is 20.7 Å². The largest absolute Gasteiger partial charge is 0.381 e. The number of rotatable bonds is 5. The molecule has 3 N–H and O–H groups in total. The van der Waals surface area contributed by atoms with Gasteiger partial charge in [0.15, 0.2) is 0 Å². The molecular formula is C18H27N3O2. The minimum Gasteiger partial charge on any atom is -0.381 e. The third kappa shape index (κ3) is 3.67. The molecule has 0 aliphatic carbocycles. The van der Waals surface area contributed by atoms with E-state index in [4.69, 9.17) is 10.5 Å². The molecule has 1 aromatic carbocycles. The van der Waals surface area contributed by atoms with Gasteiger partial charge in [-0.25, -0.2) is 0 Å². The van der Waals surface area contributed by atoms with Crippen molar-refractivity contribution < 1.29 is 9.53 Å². The van der Waals surface area contributed by atoms with Crippen LogP contribution in [0.25, 0.3) is 0 Å². The van der Waals surface area contributed by atoms with Crippen LogP contribution in [0.1, 0.15) is 19.3 Å². The van der Waals surface area contributed by atoms with Gasteiger partial charge in [-0.3, -0.25) is 4.79 Å². The number of hydrogen-bond acceptors (Lipinski definition) is 4. The van der Waals surface area contributed by atoms with Crippen LogP contribution in [0.4, 0.5) is 5.69 Å². The highest BCUT2D eigenvalue weighted by molar-refractivity contribution is 5.83. The number of anilines is 1. The number of para-hydroxylation sites is 1. The quantitative estimate of drug-likeness (QED) is 0.861. The second kappa shape index (κ2) is 7.32. The fourth-order valence-corrected chi connectivity index (χ4v) is 3.58. The van der Waals surface area contributed by atoms with Gasteiger partial charge in [0.1, 0.15) is 0 Å². The van der Waals surface area contributed by atoms with Crippen molar-refractivity contribution in [3.63, 3.8) is 0 Å². The van der Waals surface area contributed by atoms with E-state index in [-0.39, 0.29) is 5.91 Å². The summed E-state index contributed by atoms with van der Waals surface area (Å²) in [5, 5.41) is 3.16. The molecule has 3 rings (SSSR count). The van der Waals surface area contributed by atoms with Gasteiger partial charge in [-0.05, 0) is 37.3 Å². The topological polar surface area (TPSA) is 67.6 Å². The Morgan fingerprint density at radius 1 is 1.30 bits per heavy atom. The van der Waals surface area contributed by atoms with Gasteiger partial charge in [0.05, 0.1) is 5.41 Å². The summed E-state index contributed by atoms with van der Waals surface area (Å²) in [5.41, 5.74) is 6.74. The Bertz CT molecular complexity index is 514. The van der Waals surface area contributed by atoms with E-state index in [2.05, 4.69) is 34.5 Å². The first-order valence-electron chi connectivity index (χ1n) is 8.60. The van der Waals surface area contributed by atoms with E-state index in [0.29, 0.717) is 25.7 Å². The summed E-state index contributed by atoms with van der Waals surface area (Å²) in [6.07, 6.45) is 2.58. The Labute approximate surface area is 138 Å². The van der Waals surface area contributed by atoms with Crippen LogP contribution in [0.15, 0.2) is 30.3 Å². The van der Waals surface area contributed by atoms with Crippen LogP contribution in [0.3, 0.4) is 0 Å². The highest BCUT2D eigenvalue weighted by Crippen LogP contribution is 2.30. The van der Waals surface area contributed by atoms with Gasteiger partial charge in [-0.2, -0.15) is 0 Å². The van der Waals surface area contributed by atoms with Gasteiger partial charge in [-0.1, -0.05) is 18.2 Å². The van der Waals surface area contributed by atoms with E-state index in [1.165, 1.54) is 5.69 Å². The lowest BCUT2D eigenvalue weighted by atomic mass is 9.79. The minimum atomic E-state index is -0.421. The van der Waals surface area contributed by atoms with Crippen molar-refractivity contribution in [2.75, 3.05) is 44.3 Å². The number of nitrogens with zero attached hydrogens (tertiary/aromatic N) is 1. The fraction of sp³-hybridized carbons (Fsp3) is 0.611. The molecule has 1 atom stereocenters. The third-order valence-electron chi connectivity index (χ3n) is 5.28. The first-order chi connectivity index (χ1) is 11.2. The molecule has 0 aromatic heterocycles. The predicted octanol–water partition coefficient (Wildman–Crippen LogP) is 1.38. The second-order valence-corrected chi connectivity index (χ2v) is 6.74. The lowest BCUT2D eigenvalue weighted by Crippen LogP contribution is -2.50. The Kier molecular flexibility index (Phi) is 5.18. The highest BCUT2D eigenvalue weighted by Gasteiger charge is 2.39. The zero-order chi connectivity index (χ0) is 16.1. The van der Waals surface area contributed by atoms with Crippen LogP contribution in [-0.4, -0.2) is 45.3 Å². The van der Waals surface area contributed by atoms with Crippen LogP contribution in [0, 0.1) is 11.3 Å². The Balaban J connectivity index is 1.50. The molecule has 2 saturated heterocycles. The maximum Gasteiger partial charge on any atom is 0.227 e. The zero-order valence-electron chi connectivity index (χ0n) is 13.7. The molecule has 5 nitrogen and oxygen atoms in total. The van der Waals surface area contributed by atoms with E-state index in [1.54, 1.807) is 0 Å². The first-order valence-corrected chi connectivity index (χ1v) is 8.60. The number of benzene rings is 1. The number of nitrogens with two attached hydrogens (primary N) is 1. The normalized spacial score (nSPS) is 23.7. The van der Waals surface area contributed by atoms with Crippen LogP contribution in [-0.2, 0) is 9.53 Å². The summed E-state index contributed by atoms with van der Waals surface area (Å²) >= 11 is 0. The number of hydrogen-bond donors (Lipinski definition) is 2. The number of carbonyl (C=O) groups excluding carboxylic acids is 1. The molecule has 0 saturated carbocycles. The third-order valence-corrected chi connectivity index (χ3v) is 5.28. The van der Waals surface area contributed by atoms with Gasteiger partial charge in [0.25, 0.3) is 0 Å². The summed E-state index contributed by atoms with van der Waals surface area (Å²) < 4.78 is 5.38. The molecule has 1 unspecified atom stereocenters. The molecule has 2 heterocycles. The van der Waals surface area contributed by atoms with Gasteiger partial charge >= 0.3 is 0 Å². The van der Waals surface area contributed by atoms with E-state index in [9.17, 15) is 4.79 Å². The molecule has 0 bridgehead atoms. The van der Waals surface area contributed by atoms with Crippen molar-refractivity contribution >= 4 is 11.6 Å². The maximum atomic E-state index is 12.6. The molecular weight excluding hydrogens is 290 g/mol. The Hall–Kier alpha value is -1.59. The Morgan fingerprint density at radius 3 is 2.74 bits per heavy atom. The Morgan fingerprint density at radius 2 is 2.04 bits per heavy atom. The minimum absolute atomic E-state index is 0.112. The lowest BCUT2D eigenvalue weighted by molar-refractivity contribution is -0.136. The highest BCUT2D eigenvalue weighted by atomic mass is 16.5. The molecule has 126 valence electrons. The maximum absolute atomic E-state index is 12.6. The van der Waals surface area contributed by atoms with E-state index in [1.807, 2.05) is 6.07 Å². The summed E-state index contributed by atoms with van der Waals surface area (Å²) in [5.74, 6) is 0.621. The smallest absolute Gasteiger partial charge is 0.227 e. The number of nitrogens with one attached hydrogen (secondary N) is 1. The van der Waals surface area contributed by atoms with Crippen molar-refractivity contribution in [3.8, 4) is 0 Å². The first kappa shape index (κ1) is 16.3. The van der Waals surface area contributed by atoms with Crippen molar-refractivity contribution in [2.45, 2.75) is 19.3 Å². The zero-order valence-corrected chi connectivity index (χ0v) is 13.7. The molecule has 23 heavy (non-hydrogen) atoms. The molecule has 0 radical (unpaired) electrons. The van der Waals surface area contributed by atoms with Gasteiger partial charge in [0, 0.05) is 45.1 Å². The molecule has 1 aromatic rings. The van der Waals surface area contributed by atoms with Gasteiger partial charge in [0.2, 0.25) is 5.91 Å². The van der Waals surface area contributed by atoms with Crippen molar-refractivity contribution in [2.24, 2.45) is 17.1 Å². The standard InChI is InChI=1S/C18H27N3O2/c19-14-18(7-10-23-11-8-18)17(22)20-12-15-6-9-21(13-15)16-4-2-1-3-5-16/h1-5,15H,6-14,19H2,(H,20,22). The fourth-order valence-electron chi connectivity index (χ4n) is 3.58. The van der Waals surface area contributed by atoms with E-state index < -0.39 is 5.41 Å². The second-order valence-electron chi connectivity index (χ2n) is 6.74. The summed E-state index contributed by atoms with van der Waals surface area (Å²) in [4.78, 5) is 15.0. The molecule has 5 heteroatoms. The molecule has 0 spiro atoms. The molecule has 2 fully saturated rings. The van der Waals surface area contributed by atoms with Crippen molar-refractivity contribution in [3.05, 3.63) is 30.3 Å². The van der Waals surface area contributed by atoms with Crippen molar-refractivity contribution in [1.29, 1.82) is 0 Å². The van der Waals surface area contributed by atoms with Crippen LogP contribution >= 0.6 is 0 Å². The summed E-state index contributed by atoms with van der Waals surface area (Å²) in [7, 11) is 0. The summed E-state index contributed by atoms with van der Waals surface area (Å²) in [6, 6.07) is 10.5. The van der Waals surface area contributed by atoms with Crippen LogP contribution in [0.2, 0.25) is 0 Å². The molecule has 2 aliphatic rings. The molecule has 1 amide bonds. The average molecular weight is 317 g/mol. The van der Waals surface area contributed by atoms with E-state index in [0.717, 1.165) is 38.9 Å². The average Bonchev–Trinajstić information content (AvgIpc) is 3.10.